The molecule has 17 heavy (non-hydrogen) atoms. The Morgan fingerprint density at radius 1 is 0.353 bits per heavy atom. The first-order chi connectivity index (χ1) is 8.50. The molecule has 5 heteroatoms. The van der Waals surface area contributed by atoms with Crippen molar-refractivity contribution in [3.8, 4) is 0 Å². The van der Waals surface area contributed by atoms with Crippen LogP contribution in [-0.2, 0) is 24.9 Å². The Hall–Kier alpha value is -0.200. The first-order valence-electron chi connectivity index (χ1n) is 6.74. The number of hydrogen-bond donors (Lipinski definition) is 0. The molecular weight excluding hydrogens is 224 g/mol. The van der Waals surface area contributed by atoms with Crippen LogP contribution < -0.4 is 0 Å². The van der Waals surface area contributed by atoms with Gasteiger partial charge in [-0.2, -0.15) is 0 Å². The van der Waals surface area contributed by atoms with Gasteiger partial charge in [-0.3, -0.25) is 0 Å². The summed E-state index contributed by atoms with van der Waals surface area (Å²) in [4.78, 5) is 9.46. The van der Waals surface area contributed by atoms with Gasteiger partial charge >= 0.3 is 0 Å². The summed E-state index contributed by atoms with van der Waals surface area (Å²) in [5, 5.41) is 12.8. The SMILES string of the molecule is C1CCCCCCOOOOOCCCCC1. The maximum absolute atomic E-state index is 4.73. The summed E-state index contributed by atoms with van der Waals surface area (Å²) in [5.41, 5.74) is 0. The van der Waals surface area contributed by atoms with Crippen molar-refractivity contribution in [2.45, 2.75) is 64.2 Å². The molecule has 1 fully saturated rings. The van der Waals surface area contributed by atoms with Crippen LogP contribution in [0.3, 0.4) is 0 Å². The van der Waals surface area contributed by atoms with E-state index in [1.165, 1.54) is 51.4 Å². The fourth-order valence-corrected chi connectivity index (χ4v) is 1.85. The van der Waals surface area contributed by atoms with Crippen molar-refractivity contribution >= 4 is 0 Å². The van der Waals surface area contributed by atoms with Crippen molar-refractivity contribution in [3.05, 3.63) is 0 Å². The van der Waals surface area contributed by atoms with Crippen LogP contribution in [0.2, 0.25) is 0 Å². The Morgan fingerprint density at radius 2 is 0.706 bits per heavy atom. The molecule has 1 saturated heterocycles. The summed E-state index contributed by atoms with van der Waals surface area (Å²) in [5.74, 6) is 0. The van der Waals surface area contributed by atoms with E-state index >= 15 is 0 Å². The summed E-state index contributed by atoms with van der Waals surface area (Å²) >= 11 is 0. The largest absolute Gasteiger partial charge is 0.204 e. The van der Waals surface area contributed by atoms with Crippen LogP contribution in [0.1, 0.15) is 64.2 Å². The van der Waals surface area contributed by atoms with E-state index in [9.17, 15) is 0 Å². The van der Waals surface area contributed by atoms with Gasteiger partial charge in [-0.25, -0.2) is 9.78 Å². The molecule has 0 amide bonds. The highest BCUT2D eigenvalue weighted by Crippen LogP contribution is 2.11. The fraction of sp³-hybridized carbons (Fsp3) is 1.00. The van der Waals surface area contributed by atoms with Crippen LogP contribution in [0.15, 0.2) is 0 Å². The summed E-state index contributed by atoms with van der Waals surface area (Å²) in [6, 6.07) is 0. The molecule has 0 aliphatic carbocycles. The Kier molecular flexibility index (Phi) is 10.7. The second-order valence-electron chi connectivity index (χ2n) is 4.38. The third-order valence-electron chi connectivity index (χ3n) is 2.86. The average Bonchev–Trinajstić information content (AvgIpc) is 2.35. The minimum absolute atomic E-state index is 0.517. The van der Waals surface area contributed by atoms with E-state index in [-0.39, 0.29) is 0 Å². The molecule has 0 N–H and O–H groups in total. The molecule has 5 nitrogen and oxygen atoms in total. The summed E-state index contributed by atoms with van der Waals surface area (Å²) < 4.78 is 0. The molecule has 0 aromatic heterocycles. The molecule has 0 spiro atoms. The minimum Gasteiger partial charge on any atom is -0.204 e. The molecule has 0 radical (unpaired) electrons. The molecule has 0 saturated carbocycles. The normalized spacial score (nSPS) is 24.0. The van der Waals surface area contributed by atoms with Crippen LogP contribution in [0.4, 0.5) is 0 Å². The molecule has 102 valence electrons. The van der Waals surface area contributed by atoms with Crippen LogP contribution in [0.5, 0.6) is 0 Å². The predicted molar refractivity (Wildman–Crippen MR) is 61.3 cm³/mol. The standard InChI is InChI=1S/C12H24O5/c1-2-4-6-8-10-12-14-16-17-15-13-11-9-7-5-3-1/h1-12H2. The van der Waals surface area contributed by atoms with Gasteiger partial charge in [0.2, 0.25) is 0 Å². The average molecular weight is 248 g/mol. The summed E-state index contributed by atoms with van der Waals surface area (Å²) in [7, 11) is 0. The van der Waals surface area contributed by atoms with Gasteiger partial charge in [0.15, 0.2) is 0 Å². The lowest BCUT2D eigenvalue weighted by atomic mass is 10.1. The predicted octanol–water partition coefficient (Wildman–Crippen LogP) is 3.64. The lowest BCUT2D eigenvalue weighted by Crippen LogP contribution is -2.02. The van der Waals surface area contributed by atoms with Crippen molar-refractivity contribution in [2.75, 3.05) is 13.2 Å². The molecule has 0 aromatic rings. The van der Waals surface area contributed by atoms with Gasteiger partial charge in [-0.05, 0) is 28.0 Å². The van der Waals surface area contributed by atoms with Gasteiger partial charge in [-0.15, -0.1) is 0 Å². The van der Waals surface area contributed by atoms with E-state index in [1.54, 1.807) is 0 Å². The zero-order chi connectivity index (χ0) is 12.0. The summed E-state index contributed by atoms with van der Waals surface area (Å²) in [6.07, 6.45) is 12.2. The van der Waals surface area contributed by atoms with Crippen molar-refractivity contribution < 1.29 is 24.9 Å². The molecule has 1 heterocycles. The first kappa shape index (κ1) is 14.9. The van der Waals surface area contributed by atoms with E-state index < -0.39 is 0 Å². The molecule has 0 atom stereocenters. The Bertz CT molecular complexity index is 84.3. The van der Waals surface area contributed by atoms with Gasteiger partial charge in [0.05, 0.1) is 13.2 Å². The Balaban J connectivity index is 2.01. The van der Waals surface area contributed by atoms with Crippen LogP contribution in [0, 0.1) is 0 Å². The molecule has 0 unspecified atom stereocenters. The lowest BCUT2D eigenvalue weighted by molar-refractivity contribution is -0.708. The molecule has 1 aliphatic rings. The van der Waals surface area contributed by atoms with E-state index in [0.29, 0.717) is 13.2 Å². The smallest absolute Gasteiger partial charge is 0.0855 e. The molecule has 0 aromatic carbocycles. The van der Waals surface area contributed by atoms with Crippen LogP contribution in [-0.4, -0.2) is 13.2 Å². The Morgan fingerprint density at radius 3 is 1.12 bits per heavy atom. The van der Waals surface area contributed by atoms with Gasteiger partial charge in [-0.1, -0.05) is 51.4 Å². The summed E-state index contributed by atoms with van der Waals surface area (Å²) in [6.45, 7) is 1.03. The Labute approximate surface area is 103 Å². The quantitative estimate of drug-likeness (QED) is 0.612. The maximum Gasteiger partial charge on any atom is 0.0855 e. The van der Waals surface area contributed by atoms with Crippen LogP contribution in [0.25, 0.3) is 0 Å². The lowest BCUT2D eigenvalue weighted by Gasteiger charge is -2.02. The van der Waals surface area contributed by atoms with Crippen molar-refractivity contribution in [2.24, 2.45) is 0 Å². The van der Waals surface area contributed by atoms with E-state index in [1.807, 2.05) is 0 Å². The van der Waals surface area contributed by atoms with Gasteiger partial charge in [0, 0.05) is 0 Å². The monoisotopic (exact) mass is 248 g/mol. The highest BCUT2D eigenvalue weighted by atomic mass is 17.8. The second-order valence-corrected chi connectivity index (χ2v) is 4.38. The second kappa shape index (κ2) is 12.3. The topological polar surface area (TPSA) is 46.2 Å². The third kappa shape index (κ3) is 10.7. The molecule has 0 bridgehead atoms. The van der Waals surface area contributed by atoms with Crippen molar-refractivity contribution in [3.63, 3.8) is 0 Å². The van der Waals surface area contributed by atoms with Gasteiger partial charge < -0.3 is 0 Å². The highest BCUT2D eigenvalue weighted by molar-refractivity contribution is 4.47. The molecular formula is C12H24O5. The van der Waals surface area contributed by atoms with E-state index in [0.717, 1.165) is 12.8 Å². The van der Waals surface area contributed by atoms with Gasteiger partial charge in [0.25, 0.3) is 0 Å². The number of hydrogen-bond acceptors (Lipinski definition) is 5. The molecule has 1 rings (SSSR count). The van der Waals surface area contributed by atoms with E-state index in [4.69, 9.17) is 9.78 Å². The minimum atomic E-state index is 0.517. The molecule has 1 aliphatic heterocycles. The number of rotatable bonds is 0. The van der Waals surface area contributed by atoms with Gasteiger partial charge in [0.1, 0.15) is 0 Å². The van der Waals surface area contributed by atoms with Crippen LogP contribution >= 0.6 is 0 Å². The van der Waals surface area contributed by atoms with Crippen molar-refractivity contribution in [1.29, 1.82) is 0 Å². The maximum atomic E-state index is 4.73. The zero-order valence-electron chi connectivity index (χ0n) is 10.5. The first-order valence-corrected chi connectivity index (χ1v) is 6.74. The third-order valence-corrected chi connectivity index (χ3v) is 2.86. The fourth-order valence-electron chi connectivity index (χ4n) is 1.85. The van der Waals surface area contributed by atoms with E-state index in [2.05, 4.69) is 15.1 Å². The highest BCUT2D eigenvalue weighted by Gasteiger charge is 1.97. The van der Waals surface area contributed by atoms with Crippen molar-refractivity contribution in [1.82, 2.24) is 0 Å². The zero-order valence-corrected chi connectivity index (χ0v) is 10.5.